The number of aryl methyl sites for hydroxylation is 1. The predicted molar refractivity (Wildman–Crippen MR) is 150 cm³/mol. The standard InChI is InChI=1S/C24H50O5Si4/c1-27-24-21-22(16-17-23(24)26)15-14-20-33(9,31(5,6)7)29-32(8,28-30(2,3)4)19-13-11-10-12-18-25/h16-17,21,25-26H,10-15,18-20H2,1-9H3. The quantitative estimate of drug-likeness (QED) is 0.181. The molecule has 0 aliphatic rings. The first-order valence-electron chi connectivity index (χ1n) is 12.5. The lowest BCUT2D eigenvalue weighted by atomic mass is 10.1. The Hall–Kier alpha value is -0.432. The number of phenols is 1. The molecule has 0 heterocycles. The lowest BCUT2D eigenvalue weighted by Crippen LogP contribution is -2.64. The molecule has 0 saturated carbocycles. The maximum atomic E-state index is 9.88. The Bertz CT molecular complexity index is 720. The van der Waals surface area contributed by atoms with E-state index < -0.39 is 32.3 Å². The molecule has 1 aromatic rings. The molecule has 0 aliphatic carbocycles. The minimum atomic E-state index is -2.30. The number of rotatable bonds is 16. The van der Waals surface area contributed by atoms with Crippen LogP contribution in [0.15, 0.2) is 18.2 Å². The van der Waals surface area contributed by atoms with Crippen molar-refractivity contribution < 1.29 is 23.2 Å². The summed E-state index contributed by atoms with van der Waals surface area (Å²) < 4.78 is 19.4. The van der Waals surface area contributed by atoms with Crippen molar-refractivity contribution >= 4 is 32.3 Å². The highest BCUT2D eigenvalue weighted by Gasteiger charge is 2.49. The van der Waals surface area contributed by atoms with Crippen molar-refractivity contribution in [3.63, 3.8) is 0 Å². The monoisotopic (exact) mass is 530 g/mol. The van der Waals surface area contributed by atoms with Gasteiger partial charge in [-0.3, -0.25) is 0 Å². The molecule has 0 spiro atoms. The summed E-state index contributed by atoms with van der Waals surface area (Å²) in [6.07, 6.45) is 6.26. The molecule has 2 N–H and O–H groups in total. The topological polar surface area (TPSA) is 68.2 Å². The number of unbranched alkanes of at least 4 members (excludes halogenated alkanes) is 3. The smallest absolute Gasteiger partial charge is 0.314 e. The van der Waals surface area contributed by atoms with E-state index in [9.17, 15) is 5.11 Å². The van der Waals surface area contributed by atoms with Gasteiger partial charge in [-0.1, -0.05) is 45.0 Å². The lowest BCUT2D eigenvalue weighted by Gasteiger charge is -2.46. The first kappa shape index (κ1) is 30.6. The van der Waals surface area contributed by atoms with E-state index in [0.717, 1.165) is 50.6 Å². The van der Waals surface area contributed by atoms with E-state index in [0.29, 0.717) is 5.75 Å². The number of aliphatic hydroxyl groups excluding tert-OH is 1. The Labute approximate surface area is 207 Å². The van der Waals surface area contributed by atoms with Crippen molar-refractivity contribution in [1.29, 1.82) is 0 Å². The number of aliphatic hydroxyl groups is 1. The lowest BCUT2D eigenvalue weighted by molar-refractivity contribution is 0.282. The zero-order chi connectivity index (χ0) is 25.3. The van der Waals surface area contributed by atoms with Gasteiger partial charge in [0.05, 0.1) is 14.7 Å². The fourth-order valence-electron chi connectivity index (χ4n) is 4.25. The van der Waals surface area contributed by atoms with E-state index >= 15 is 0 Å². The van der Waals surface area contributed by atoms with Gasteiger partial charge in [0.1, 0.15) is 0 Å². The third-order valence-corrected chi connectivity index (χ3v) is 31.1. The molecular weight excluding hydrogens is 481 g/mol. The molecule has 0 saturated heterocycles. The Morgan fingerprint density at radius 3 is 1.97 bits per heavy atom. The molecule has 2 atom stereocenters. The van der Waals surface area contributed by atoms with E-state index in [2.05, 4.69) is 52.4 Å². The largest absolute Gasteiger partial charge is 0.504 e. The number of benzene rings is 1. The Balaban J connectivity index is 2.96. The van der Waals surface area contributed by atoms with Gasteiger partial charge in [0.25, 0.3) is 0 Å². The maximum absolute atomic E-state index is 9.88. The summed E-state index contributed by atoms with van der Waals surface area (Å²) in [6, 6.07) is 7.84. The van der Waals surface area contributed by atoms with Gasteiger partial charge in [-0.25, -0.2) is 0 Å². The van der Waals surface area contributed by atoms with Gasteiger partial charge in [0, 0.05) is 6.61 Å². The molecule has 9 heteroatoms. The molecule has 0 radical (unpaired) electrons. The van der Waals surface area contributed by atoms with Gasteiger partial charge < -0.3 is 23.2 Å². The van der Waals surface area contributed by atoms with Gasteiger partial charge in [-0.2, -0.15) is 0 Å². The minimum Gasteiger partial charge on any atom is -0.504 e. The van der Waals surface area contributed by atoms with Gasteiger partial charge in [-0.15, -0.1) is 0 Å². The second-order valence-electron chi connectivity index (χ2n) is 11.7. The van der Waals surface area contributed by atoms with Crippen LogP contribution < -0.4 is 4.74 Å². The Morgan fingerprint density at radius 2 is 1.42 bits per heavy atom. The maximum Gasteiger partial charge on any atom is 0.314 e. The van der Waals surface area contributed by atoms with Gasteiger partial charge in [0.2, 0.25) is 0 Å². The fourth-order valence-corrected chi connectivity index (χ4v) is 26.2. The highest BCUT2D eigenvalue weighted by molar-refractivity contribution is 7.39. The normalized spacial score (nSPS) is 16.3. The van der Waals surface area contributed by atoms with Crippen LogP contribution in [0, 0.1) is 0 Å². The molecule has 1 rings (SSSR count). The molecule has 0 bridgehead atoms. The molecule has 5 nitrogen and oxygen atoms in total. The summed E-state index contributed by atoms with van der Waals surface area (Å²) in [6.45, 7) is 19.3. The highest BCUT2D eigenvalue weighted by atomic mass is 29.3. The molecule has 33 heavy (non-hydrogen) atoms. The third kappa shape index (κ3) is 10.8. The van der Waals surface area contributed by atoms with Crippen LogP contribution in [0.4, 0.5) is 0 Å². The van der Waals surface area contributed by atoms with Crippen LogP contribution in [0.5, 0.6) is 11.5 Å². The van der Waals surface area contributed by atoms with Gasteiger partial charge in [0.15, 0.2) is 27.7 Å². The van der Waals surface area contributed by atoms with Crippen LogP contribution in [-0.2, 0) is 14.7 Å². The van der Waals surface area contributed by atoms with Gasteiger partial charge >= 0.3 is 8.56 Å². The molecule has 0 aromatic heterocycles. The van der Waals surface area contributed by atoms with Crippen molar-refractivity contribution in [2.75, 3.05) is 13.7 Å². The number of aromatic hydroxyl groups is 1. The average Bonchev–Trinajstić information content (AvgIpc) is 2.66. The van der Waals surface area contributed by atoms with Crippen LogP contribution >= 0.6 is 0 Å². The van der Waals surface area contributed by atoms with Crippen molar-refractivity contribution in [2.24, 2.45) is 0 Å². The van der Waals surface area contributed by atoms with Crippen molar-refractivity contribution in [1.82, 2.24) is 0 Å². The average molecular weight is 531 g/mol. The first-order valence-corrected chi connectivity index (χ1v) is 25.6. The molecule has 2 unspecified atom stereocenters. The second-order valence-corrected chi connectivity index (χ2v) is 35.4. The van der Waals surface area contributed by atoms with E-state index in [1.165, 1.54) is 5.56 Å². The van der Waals surface area contributed by atoms with E-state index in [1.54, 1.807) is 13.2 Å². The van der Waals surface area contributed by atoms with E-state index in [4.69, 9.17) is 18.1 Å². The number of hydrogen-bond donors (Lipinski definition) is 2. The number of methoxy groups -OCH3 is 1. The summed E-state index contributed by atoms with van der Waals surface area (Å²) in [5.41, 5.74) is 1.19. The van der Waals surface area contributed by atoms with Crippen LogP contribution in [0.3, 0.4) is 0 Å². The Kier molecular flexibility index (Phi) is 12.1. The van der Waals surface area contributed by atoms with E-state index in [-0.39, 0.29) is 12.4 Å². The first-order chi connectivity index (χ1) is 15.1. The van der Waals surface area contributed by atoms with Crippen LogP contribution in [0.2, 0.25) is 64.5 Å². The minimum absolute atomic E-state index is 0.190. The molecule has 0 fully saturated rings. The van der Waals surface area contributed by atoms with Gasteiger partial charge in [-0.05, 0) is 81.8 Å². The zero-order valence-electron chi connectivity index (χ0n) is 22.7. The highest BCUT2D eigenvalue weighted by Crippen LogP contribution is 2.34. The molecule has 0 aliphatic heterocycles. The number of hydrogen-bond acceptors (Lipinski definition) is 5. The summed E-state index contributed by atoms with van der Waals surface area (Å²) >= 11 is 0. The second kappa shape index (κ2) is 13.0. The molecular formula is C24H50O5Si4. The van der Waals surface area contributed by atoms with Crippen molar-refractivity contribution in [3.05, 3.63) is 23.8 Å². The van der Waals surface area contributed by atoms with Crippen LogP contribution in [-0.4, -0.2) is 56.2 Å². The van der Waals surface area contributed by atoms with Crippen molar-refractivity contribution in [3.8, 4) is 11.5 Å². The fraction of sp³-hybridized carbons (Fsp3) is 0.750. The summed E-state index contributed by atoms with van der Waals surface area (Å²) in [5, 5.41) is 19.0. The zero-order valence-corrected chi connectivity index (χ0v) is 26.7. The Morgan fingerprint density at radius 1 is 0.788 bits per heavy atom. The molecule has 0 amide bonds. The summed E-state index contributed by atoms with van der Waals surface area (Å²) in [7, 11) is -5.94. The van der Waals surface area contributed by atoms with Crippen LogP contribution in [0.25, 0.3) is 0 Å². The number of phenolic OH excluding ortho intramolecular Hbond substituents is 1. The molecule has 192 valence electrons. The van der Waals surface area contributed by atoms with E-state index in [1.807, 2.05) is 12.1 Å². The SMILES string of the molecule is COc1cc(CCC[Si](C)(O[Si](C)(CCCCCCO)O[Si](C)(C)C)[Si](C)(C)C)ccc1O. The van der Waals surface area contributed by atoms with Crippen LogP contribution in [0.1, 0.15) is 37.7 Å². The predicted octanol–water partition coefficient (Wildman–Crippen LogP) is 6.82. The number of ether oxygens (including phenoxy) is 1. The van der Waals surface area contributed by atoms with Crippen molar-refractivity contribution in [2.45, 2.75) is 103 Å². The molecule has 1 aromatic carbocycles. The summed E-state index contributed by atoms with van der Waals surface area (Å²) in [4.78, 5) is 0. The summed E-state index contributed by atoms with van der Waals surface area (Å²) in [5.74, 6) is 0.730. The third-order valence-electron chi connectivity index (χ3n) is 6.45.